The summed E-state index contributed by atoms with van der Waals surface area (Å²) in [5.74, 6) is 0.602. The van der Waals surface area contributed by atoms with Gasteiger partial charge in [-0.05, 0) is 54.7 Å². The summed E-state index contributed by atoms with van der Waals surface area (Å²) in [4.78, 5) is 30.0. The van der Waals surface area contributed by atoms with Crippen LogP contribution in [-0.2, 0) is 17.6 Å². The van der Waals surface area contributed by atoms with Crippen LogP contribution in [0.1, 0.15) is 27.9 Å². The summed E-state index contributed by atoms with van der Waals surface area (Å²) in [5, 5.41) is 0. The van der Waals surface area contributed by atoms with Crippen LogP contribution in [0, 0.1) is 0 Å². The quantitative estimate of drug-likeness (QED) is 0.525. The van der Waals surface area contributed by atoms with Crippen LogP contribution < -0.4 is 4.74 Å². The predicted octanol–water partition coefficient (Wildman–Crippen LogP) is 4.22. The van der Waals surface area contributed by atoms with Crippen molar-refractivity contribution in [2.75, 3.05) is 26.7 Å². The Hall–Kier alpha value is -3.60. The molecule has 3 aromatic rings. The van der Waals surface area contributed by atoms with Gasteiger partial charge in [-0.3, -0.25) is 9.59 Å². The molecule has 5 heteroatoms. The summed E-state index contributed by atoms with van der Waals surface area (Å²) in [5.41, 5.74) is 3.03. The lowest BCUT2D eigenvalue weighted by molar-refractivity contribution is -0.138. The van der Waals surface area contributed by atoms with E-state index in [1.54, 1.807) is 36.3 Å². The van der Waals surface area contributed by atoms with E-state index in [0.29, 0.717) is 24.4 Å². The molecule has 0 bridgehead atoms. The van der Waals surface area contributed by atoms with Gasteiger partial charge in [0, 0.05) is 24.7 Å². The third-order valence-corrected chi connectivity index (χ3v) is 6.24. The molecule has 0 spiro atoms. The van der Waals surface area contributed by atoms with Gasteiger partial charge in [0.05, 0.1) is 7.11 Å². The number of benzene rings is 3. The Morgan fingerprint density at radius 2 is 1.48 bits per heavy atom. The van der Waals surface area contributed by atoms with Gasteiger partial charge in [0.2, 0.25) is 5.91 Å². The van der Waals surface area contributed by atoms with Crippen LogP contribution >= 0.6 is 0 Å². The van der Waals surface area contributed by atoms with Gasteiger partial charge in [-0.15, -0.1) is 0 Å². The molecule has 0 saturated carbocycles. The highest BCUT2D eigenvalue weighted by Gasteiger charge is 2.34. The summed E-state index contributed by atoms with van der Waals surface area (Å²) in [6.45, 7) is 1.31. The Labute approximate surface area is 195 Å². The Morgan fingerprint density at radius 1 is 0.879 bits per heavy atom. The van der Waals surface area contributed by atoms with E-state index in [1.165, 1.54) is 11.1 Å². The maximum atomic E-state index is 13.2. The van der Waals surface area contributed by atoms with E-state index in [9.17, 15) is 9.59 Å². The third-order valence-electron chi connectivity index (χ3n) is 6.24. The zero-order chi connectivity index (χ0) is 23.0. The number of aryl methyl sites for hydroxylation is 1. The van der Waals surface area contributed by atoms with Crippen LogP contribution in [0.25, 0.3) is 0 Å². The zero-order valence-corrected chi connectivity index (χ0v) is 19.0. The minimum Gasteiger partial charge on any atom is -0.497 e. The van der Waals surface area contributed by atoms with Crippen molar-refractivity contribution in [3.8, 4) is 5.75 Å². The van der Waals surface area contributed by atoms with E-state index in [2.05, 4.69) is 24.3 Å². The Balaban J connectivity index is 1.48. The maximum Gasteiger partial charge on any atom is 0.254 e. The smallest absolute Gasteiger partial charge is 0.254 e. The van der Waals surface area contributed by atoms with Gasteiger partial charge in [-0.1, -0.05) is 60.7 Å². The number of hydrogen-bond acceptors (Lipinski definition) is 3. The molecule has 1 saturated heterocycles. The fourth-order valence-corrected chi connectivity index (χ4v) is 4.37. The molecule has 0 unspecified atom stereocenters. The van der Waals surface area contributed by atoms with Gasteiger partial charge in [-0.2, -0.15) is 0 Å². The van der Waals surface area contributed by atoms with Gasteiger partial charge in [0.1, 0.15) is 12.3 Å². The highest BCUT2D eigenvalue weighted by Crippen LogP contribution is 2.21. The first-order valence-corrected chi connectivity index (χ1v) is 11.4. The number of nitrogens with zero attached hydrogens (tertiary/aromatic N) is 2. The molecular formula is C28H30N2O3. The number of methoxy groups -OCH3 is 1. The number of hydrogen-bond donors (Lipinski definition) is 0. The number of rotatable bonds is 8. The van der Waals surface area contributed by atoms with Gasteiger partial charge in [0.25, 0.3) is 5.91 Å². The summed E-state index contributed by atoms with van der Waals surface area (Å²) in [7, 11) is 1.60. The first-order chi connectivity index (χ1) is 16.1. The monoisotopic (exact) mass is 442 g/mol. The molecule has 1 atom stereocenters. The molecule has 1 fully saturated rings. The normalized spacial score (nSPS) is 16.0. The van der Waals surface area contributed by atoms with E-state index in [0.717, 1.165) is 19.3 Å². The van der Waals surface area contributed by atoms with E-state index >= 15 is 0 Å². The molecule has 5 nitrogen and oxygen atoms in total. The minimum absolute atomic E-state index is 0.0112. The molecule has 1 aliphatic heterocycles. The maximum absolute atomic E-state index is 13.2. The molecule has 4 rings (SSSR count). The van der Waals surface area contributed by atoms with Crippen molar-refractivity contribution in [3.63, 3.8) is 0 Å². The average Bonchev–Trinajstić information content (AvgIpc) is 2.87. The molecule has 33 heavy (non-hydrogen) atoms. The van der Waals surface area contributed by atoms with Crippen molar-refractivity contribution >= 4 is 11.8 Å². The predicted molar refractivity (Wildman–Crippen MR) is 129 cm³/mol. The lowest BCUT2D eigenvalue weighted by atomic mass is 10.00. The van der Waals surface area contributed by atoms with Crippen molar-refractivity contribution < 1.29 is 14.3 Å². The largest absolute Gasteiger partial charge is 0.497 e. The first-order valence-electron chi connectivity index (χ1n) is 11.4. The number of carbonyl (C=O) groups is 2. The average molecular weight is 443 g/mol. The standard InChI is InChI=1S/C28H30N2O3/c1-33-26-16-13-24(14-17-26)28(32)29-20-25(15-12-22-8-4-2-5-9-22)30(27(31)21-29)19-18-23-10-6-3-7-11-23/h2-11,13-14,16-17,25H,12,15,18-21H2,1H3/t25-/m0/s1. The second kappa shape index (κ2) is 10.8. The third kappa shape index (κ3) is 5.80. The Kier molecular flexibility index (Phi) is 7.40. The first kappa shape index (κ1) is 22.6. The molecule has 0 aliphatic carbocycles. The molecule has 1 heterocycles. The second-order valence-electron chi connectivity index (χ2n) is 8.42. The number of amides is 2. The SMILES string of the molecule is COc1ccc(C(=O)N2CC(=O)N(CCc3ccccc3)[C@@H](CCc3ccccc3)C2)cc1. The van der Waals surface area contributed by atoms with Crippen molar-refractivity contribution in [3.05, 3.63) is 102 Å². The number of ether oxygens (including phenoxy) is 1. The molecule has 2 amide bonds. The van der Waals surface area contributed by atoms with Crippen LogP contribution in [0.2, 0.25) is 0 Å². The number of carbonyl (C=O) groups excluding carboxylic acids is 2. The minimum atomic E-state index is -0.113. The fourth-order valence-electron chi connectivity index (χ4n) is 4.37. The van der Waals surface area contributed by atoms with E-state index in [1.807, 2.05) is 41.3 Å². The molecule has 170 valence electrons. The van der Waals surface area contributed by atoms with Crippen molar-refractivity contribution in [1.29, 1.82) is 0 Å². The Morgan fingerprint density at radius 3 is 2.09 bits per heavy atom. The summed E-state index contributed by atoms with van der Waals surface area (Å²) < 4.78 is 5.19. The molecular weight excluding hydrogens is 412 g/mol. The topological polar surface area (TPSA) is 49.9 Å². The molecule has 0 aromatic heterocycles. The molecule has 3 aromatic carbocycles. The van der Waals surface area contributed by atoms with Gasteiger partial charge >= 0.3 is 0 Å². The molecule has 1 aliphatic rings. The highest BCUT2D eigenvalue weighted by atomic mass is 16.5. The van der Waals surface area contributed by atoms with Crippen molar-refractivity contribution in [1.82, 2.24) is 9.80 Å². The van der Waals surface area contributed by atoms with Crippen LogP contribution in [0.4, 0.5) is 0 Å². The van der Waals surface area contributed by atoms with E-state index < -0.39 is 0 Å². The van der Waals surface area contributed by atoms with Crippen LogP contribution in [0.5, 0.6) is 5.75 Å². The van der Waals surface area contributed by atoms with E-state index in [-0.39, 0.29) is 24.4 Å². The summed E-state index contributed by atoms with van der Waals surface area (Å²) in [6, 6.07) is 27.6. The van der Waals surface area contributed by atoms with Gasteiger partial charge in [0.15, 0.2) is 0 Å². The summed E-state index contributed by atoms with van der Waals surface area (Å²) >= 11 is 0. The zero-order valence-electron chi connectivity index (χ0n) is 19.0. The lowest BCUT2D eigenvalue weighted by Gasteiger charge is -2.41. The van der Waals surface area contributed by atoms with Gasteiger partial charge in [-0.25, -0.2) is 0 Å². The second-order valence-corrected chi connectivity index (χ2v) is 8.42. The van der Waals surface area contributed by atoms with Crippen LogP contribution in [-0.4, -0.2) is 54.4 Å². The highest BCUT2D eigenvalue weighted by molar-refractivity contribution is 5.97. The van der Waals surface area contributed by atoms with Gasteiger partial charge < -0.3 is 14.5 Å². The van der Waals surface area contributed by atoms with E-state index in [4.69, 9.17) is 4.74 Å². The number of piperazine rings is 1. The summed E-state index contributed by atoms with van der Waals surface area (Å²) in [6.07, 6.45) is 2.49. The van der Waals surface area contributed by atoms with Crippen molar-refractivity contribution in [2.24, 2.45) is 0 Å². The molecule has 0 N–H and O–H groups in total. The lowest BCUT2D eigenvalue weighted by Crippen LogP contribution is -2.58. The molecule has 0 radical (unpaired) electrons. The van der Waals surface area contributed by atoms with Crippen molar-refractivity contribution in [2.45, 2.75) is 25.3 Å². The Bertz CT molecular complexity index is 1050. The van der Waals surface area contributed by atoms with Crippen LogP contribution in [0.3, 0.4) is 0 Å². The fraction of sp³-hybridized carbons (Fsp3) is 0.286. The van der Waals surface area contributed by atoms with Crippen LogP contribution in [0.15, 0.2) is 84.9 Å².